The van der Waals surface area contributed by atoms with E-state index < -0.39 is 0 Å². The van der Waals surface area contributed by atoms with Gasteiger partial charge < -0.3 is 5.32 Å². The van der Waals surface area contributed by atoms with Crippen LogP contribution in [-0.2, 0) is 6.54 Å². The van der Waals surface area contributed by atoms with Gasteiger partial charge in [0.1, 0.15) is 0 Å². The summed E-state index contributed by atoms with van der Waals surface area (Å²) >= 11 is 0. The van der Waals surface area contributed by atoms with Crippen LogP contribution >= 0.6 is 0 Å². The molecule has 1 N–H and O–H groups in total. The first kappa shape index (κ1) is 15.6. The van der Waals surface area contributed by atoms with Gasteiger partial charge in [0, 0.05) is 37.7 Å². The Kier molecular flexibility index (Phi) is 3.75. The quantitative estimate of drug-likeness (QED) is 0.768. The fourth-order valence-corrected chi connectivity index (χ4v) is 4.57. The Labute approximate surface area is 153 Å². The number of benzene rings is 3. The SMILES string of the molecule is O=C1NCC2CN(Cc3ccccc3)CC2c2cc3ccccc3cc21. The van der Waals surface area contributed by atoms with Crippen molar-refractivity contribution >= 4 is 16.7 Å². The monoisotopic (exact) mass is 342 g/mol. The van der Waals surface area contributed by atoms with E-state index >= 15 is 0 Å². The minimum absolute atomic E-state index is 0.0785. The summed E-state index contributed by atoms with van der Waals surface area (Å²) in [6, 6.07) is 23.3. The number of hydrogen-bond acceptors (Lipinski definition) is 2. The van der Waals surface area contributed by atoms with Gasteiger partial charge in [0.05, 0.1) is 0 Å². The standard InChI is InChI=1S/C23H22N2O/c26-23-21-11-18-9-5-4-8-17(18)10-20(21)22-15-25(14-19(22)12-24-23)13-16-6-2-1-3-7-16/h1-11,19,22H,12-15H2,(H,24,26). The number of nitrogens with zero attached hydrogens (tertiary/aromatic N) is 1. The smallest absolute Gasteiger partial charge is 0.251 e. The molecule has 26 heavy (non-hydrogen) atoms. The molecule has 2 aliphatic heterocycles. The van der Waals surface area contributed by atoms with E-state index in [9.17, 15) is 4.79 Å². The van der Waals surface area contributed by atoms with Crippen molar-refractivity contribution < 1.29 is 4.79 Å². The van der Waals surface area contributed by atoms with Crippen molar-refractivity contribution in [3.63, 3.8) is 0 Å². The van der Waals surface area contributed by atoms with Crippen molar-refractivity contribution in [1.29, 1.82) is 0 Å². The molecule has 2 aliphatic rings. The summed E-state index contributed by atoms with van der Waals surface area (Å²) in [5.41, 5.74) is 3.43. The Morgan fingerprint density at radius 3 is 2.46 bits per heavy atom. The molecule has 2 atom stereocenters. The number of carbonyl (C=O) groups excluding carboxylic acids is 1. The fourth-order valence-electron chi connectivity index (χ4n) is 4.57. The highest BCUT2D eigenvalue weighted by Gasteiger charge is 2.38. The van der Waals surface area contributed by atoms with Crippen LogP contribution in [0.15, 0.2) is 66.7 Å². The van der Waals surface area contributed by atoms with Gasteiger partial charge in [-0.2, -0.15) is 0 Å². The van der Waals surface area contributed by atoms with Crippen LogP contribution in [0.2, 0.25) is 0 Å². The molecule has 2 unspecified atom stereocenters. The predicted octanol–water partition coefficient (Wildman–Crippen LogP) is 3.80. The van der Waals surface area contributed by atoms with Crippen molar-refractivity contribution in [2.75, 3.05) is 19.6 Å². The van der Waals surface area contributed by atoms with E-state index in [1.807, 2.05) is 6.07 Å². The van der Waals surface area contributed by atoms with Gasteiger partial charge in [-0.3, -0.25) is 9.69 Å². The van der Waals surface area contributed by atoms with Crippen LogP contribution in [0.4, 0.5) is 0 Å². The first-order valence-corrected chi connectivity index (χ1v) is 9.35. The molecule has 0 bridgehead atoms. The topological polar surface area (TPSA) is 32.3 Å². The summed E-state index contributed by atoms with van der Waals surface area (Å²) in [7, 11) is 0. The van der Waals surface area contributed by atoms with Crippen molar-refractivity contribution in [2.24, 2.45) is 5.92 Å². The lowest BCUT2D eigenvalue weighted by Crippen LogP contribution is -2.29. The van der Waals surface area contributed by atoms with E-state index in [-0.39, 0.29) is 5.91 Å². The molecular weight excluding hydrogens is 320 g/mol. The van der Waals surface area contributed by atoms with Gasteiger partial charge in [0.15, 0.2) is 0 Å². The third kappa shape index (κ3) is 2.69. The van der Waals surface area contributed by atoms with Crippen molar-refractivity contribution in [3.8, 4) is 0 Å². The number of fused-ring (bicyclic) bond motifs is 4. The molecule has 3 heteroatoms. The molecule has 1 fully saturated rings. The van der Waals surface area contributed by atoms with Crippen LogP contribution in [0, 0.1) is 5.92 Å². The normalized spacial score (nSPS) is 22.5. The molecule has 3 aromatic rings. The second-order valence-corrected chi connectivity index (χ2v) is 7.54. The van der Waals surface area contributed by atoms with Crippen molar-refractivity contribution in [3.05, 3.63) is 83.4 Å². The van der Waals surface area contributed by atoms with Gasteiger partial charge in [-0.15, -0.1) is 0 Å². The van der Waals surface area contributed by atoms with Crippen LogP contribution in [0.3, 0.4) is 0 Å². The molecular formula is C23H22N2O. The Hall–Kier alpha value is -2.65. The average Bonchev–Trinajstić information content (AvgIpc) is 3.03. The maximum absolute atomic E-state index is 12.6. The van der Waals surface area contributed by atoms with Crippen molar-refractivity contribution in [2.45, 2.75) is 12.5 Å². The van der Waals surface area contributed by atoms with Crippen LogP contribution in [0.25, 0.3) is 10.8 Å². The zero-order chi connectivity index (χ0) is 17.5. The Morgan fingerprint density at radius 2 is 1.65 bits per heavy atom. The summed E-state index contributed by atoms with van der Waals surface area (Å²) in [5, 5.41) is 5.52. The predicted molar refractivity (Wildman–Crippen MR) is 104 cm³/mol. The third-order valence-corrected chi connectivity index (χ3v) is 5.85. The van der Waals surface area contributed by atoms with Gasteiger partial charge in [0.2, 0.25) is 0 Å². The number of carbonyl (C=O) groups is 1. The third-order valence-electron chi connectivity index (χ3n) is 5.85. The summed E-state index contributed by atoms with van der Waals surface area (Å²) in [4.78, 5) is 15.2. The highest BCUT2D eigenvalue weighted by Crippen LogP contribution is 2.38. The first-order valence-electron chi connectivity index (χ1n) is 9.35. The van der Waals surface area contributed by atoms with E-state index in [1.165, 1.54) is 16.5 Å². The van der Waals surface area contributed by atoms with E-state index in [2.05, 4.69) is 70.9 Å². The molecule has 1 saturated heterocycles. The lowest BCUT2D eigenvalue weighted by molar-refractivity contribution is 0.0951. The van der Waals surface area contributed by atoms with E-state index in [1.54, 1.807) is 0 Å². The van der Waals surface area contributed by atoms with Crippen LogP contribution in [0.1, 0.15) is 27.4 Å². The molecule has 3 aromatic carbocycles. The van der Waals surface area contributed by atoms with E-state index in [0.29, 0.717) is 11.8 Å². The Morgan fingerprint density at radius 1 is 0.923 bits per heavy atom. The molecule has 0 aromatic heterocycles. The molecule has 3 nitrogen and oxygen atoms in total. The molecule has 1 amide bonds. The molecule has 5 rings (SSSR count). The average molecular weight is 342 g/mol. The van der Waals surface area contributed by atoms with Gasteiger partial charge in [-0.05, 0) is 33.9 Å². The molecule has 2 heterocycles. The Bertz CT molecular complexity index is 966. The highest BCUT2D eigenvalue weighted by molar-refractivity contribution is 6.01. The van der Waals surface area contributed by atoms with Crippen molar-refractivity contribution in [1.82, 2.24) is 10.2 Å². The number of amides is 1. The van der Waals surface area contributed by atoms with Crippen LogP contribution < -0.4 is 5.32 Å². The van der Waals surface area contributed by atoms with Gasteiger partial charge in [0.25, 0.3) is 5.91 Å². The molecule has 0 aliphatic carbocycles. The second kappa shape index (κ2) is 6.26. The maximum atomic E-state index is 12.6. The van der Waals surface area contributed by atoms with Gasteiger partial charge in [-0.25, -0.2) is 0 Å². The molecule has 130 valence electrons. The number of nitrogens with one attached hydrogen (secondary N) is 1. The Balaban J connectivity index is 1.51. The van der Waals surface area contributed by atoms with E-state index in [4.69, 9.17) is 0 Å². The second-order valence-electron chi connectivity index (χ2n) is 7.54. The largest absolute Gasteiger partial charge is 0.352 e. The first-order chi connectivity index (χ1) is 12.8. The zero-order valence-corrected chi connectivity index (χ0v) is 14.7. The summed E-state index contributed by atoms with van der Waals surface area (Å²) in [6.45, 7) is 3.79. The maximum Gasteiger partial charge on any atom is 0.251 e. The lowest BCUT2D eigenvalue weighted by Gasteiger charge is -2.18. The molecule has 0 saturated carbocycles. The van der Waals surface area contributed by atoms with Crippen LogP contribution in [-0.4, -0.2) is 30.4 Å². The van der Waals surface area contributed by atoms with Gasteiger partial charge in [-0.1, -0.05) is 60.7 Å². The minimum Gasteiger partial charge on any atom is -0.352 e. The van der Waals surface area contributed by atoms with Gasteiger partial charge >= 0.3 is 0 Å². The lowest BCUT2D eigenvalue weighted by atomic mass is 9.86. The molecule has 0 spiro atoms. The highest BCUT2D eigenvalue weighted by atomic mass is 16.1. The zero-order valence-electron chi connectivity index (χ0n) is 14.7. The number of hydrogen-bond donors (Lipinski definition) is 1. The number of rotatable bonds is 2. The summed E-state index contributed by atoms with van der Waals surface area (Å²) < 4.78 is 0. The fraction of sp³-hybridized carbons (Fsp3) is 0.261. The minimum atomic E-state index is 0.0785. The summed E-state index contributed by atoms with van der Waals surface area (Å²) in [6.07, 6.45) is 0. The molecule has 0 radical (unpaired) electrons. The van der Waals surface area contributed by atoms with E-state index in [0.717, 1.165) is 37.1 Å². The van der Waals surface area contributed by atoms with Crippen LogP contribution in [0.5, 0.6) is 0 Å². The number of likely N-dealkylation sites (tertiary alicyclic amines) is 1. The summed E-state index contributed by atoms with van der Waals surface area (Å²) in [5.74, 6) is 0.970.